The monoisotopic (exact) mass is 378 g/mol. The van der Waals surface area contributed by atoms with Gasteiger partial charge in [-0.15, -0.1) is 0 Å². The van der Waals surface area contributed by atoms with Crippen molar-refractivity contribution in [1.82, 2.24) is 10.3 Å². The summed E-state index contributed by atoms with van der Waals surface area (Å²) in [4.78, 5) is 28.2. The number of hydrogen-bond donors (Lipinski definition) is 2. The third-order valence-electron chi connectivity index (χ3n) is 3.73. The highest BCUT2D eigenvalue weighted by Crippen LogP contribution is 2.26. The molecule has 27 heavy (non-hydrogen) atoms. The van der Waals surface area contributed by atoms with E-state index in [0.29, 0.717) is 22.0 Å². The molecular weight excluding hydrogens is 364 g/mol. The van der Waals surface area contributed by atoms with Gasteiger partial charge in [0, 0.05) is 16.1 Å². The SMILES string of the molecule is O=C(O)/C(=C\c1cccc(-c2ccccc2Cl)n1)NC(=O)c1ccccc1. The van der Waals surface area contributed by atoms with E-state index >= 15 is 0 Å². The van der Waals surface area contributed by atoms with E-state index in [9.17, 15) is 14.7 Å². The maximum Gasteiger partial charge on any atom is 0.352 e. The topological polar surface area (TPSA) is 79.3 Å². The quantitative estimate of drug-likeness (QED) is 0.650. The number of halogens is 1. The first kappa shape index (κ1) is 18.4. The number of aliphatic carboxylic acids is 1. The van der Waals surface area contributed by atoms with E-state index in [-0.39, 0.29) is 5.70 Å². The molecule has 0 atom stereocenters. The summed E-state index contributed by atoms with van der Waals surface area (Å²) in [6.45, 7) is 0. The first-order valence-corrected chi connectivity index (χ1v) is 8.46. The van der Waals surface area contributed by atoms with Gasteiger partial charge in [0.05, 0.1) is 11.4 Å². The Morgan fingerprint density at radius 3 is 2.33 bits per heavy atom. The number of nitrogens with zero attached hydrogens (tertiary/aromatic N) is 1. The fourth-order valence-electron chi connectivity index (χ4n) is 2.43. The van der Waals surface area contributed by atoms with Crippen molar-refractivity contribution in [2.75, 3.05) is 0 Å². The van der Waals surface area contributed by atoms with Crippen molar-refractivity contribution < 1.29 is 14.7 Å². The lowest BCUT2D eigenvalue weighted by Gasteiger charge is -2.07. The van der Waals surface area contributed by atoms with E-state index in [1.54, 1.807) is 54.6 Å². The van der Waals surface area contributed by atoms with Gasteiger partial charge in [0.15, 0.2) is 0 Å². The highest BCUT2D eigenvalue weighted by molar-refractivity contribution is 6.33. The molecule has 0 saturated carbocycles. The average molecular weight is 379 g/mol. The lowest BCUT2D eigenvalue weighted by atomic mass is 10.1. The van der Waals surface area contributed by atoms with Crippen molar-refractivity contribution in [2.45, 2.75) is 0 Å². The molecule has 0 aliphatic carbocycles. The zero-order valence-corrected chi connectivity index (χ0v) is 14.9. The largest absolute Gasteiger partial charge is 0.477 e. The molecule has 5 nitrogen and oxygen atoms in total. The molecule has 1 heterocycles. The first-order valence-electron chi connectivity index (χ1n) is 8.08. The van der Waals surface area contributed by atoms with Crippen LogP contribution in [0.3, 0.4) is 0 Å². The third kappa shape index (κ3) is 4.59. The smallest absolute Gasteiger partial charge is 0.352 e. The lowest BCUT2D eigenvalue weighted by Crippen LogP contribution is -2.27. The molecule has 134 valence electrons. The number of amides is 1. The van der Waals surface area contributed by atoms with Crippen LogP contribution in [0.1, 0.15) is 16.1 Å². The predicted octanol–water partition coefficient (Wildman–Crippen LogP) is 4.26. The van der Waals surface area contributed by atoms with Gasteiger partial charge in [0.2, 0.25) is 0 Å². The zero-order chi connectivity index (χ0) is 19.2. The van der Waals surface area contributed by atoms with Crippen LogP contribution >= 0.6 is 11.6 Å². The number of pyridine rings is 1. The number of nitrogens with one attached hydrogen (secondary N) is 1. The van der Waals surface area contributed by atoms with E-state index in [0.717, 1.165) is 5.56 Å². The maximum absolute atomic E-state index is 12.2. The number of carbonyl (C=O) groups is 2. The van der Waals surface area contributed by atoms with Crippen molar-refractivity contribution in [2.24, 2.45) is 0 Å². The third-order valence-corrected chi connectivity index (χ3v) is 4.06. The van der Waals surface area contributed by atoms with Crippen molar-refractivity contribution in [3.05, 3.63) is 94.8 Å². The molecule has 0 unspecified atom stereocenters. The van der Waals surface area contributed by atoms with Gasteiger partial charge in [-0.2, -0.15) is 0 Å². The van der Waals surface area contributed by atoms with Crippen LogP contribution in [-0.4, -0.2) is 22.0 Å². The normalized spacial score (nSPS) is 11.1. The predicted molar refractivity (Wildman–Crippen MR) is 104 cm³/mol. The van der Waals surface area contributed by atoms with Crippen LogP contribution in [-0.2, 0) is 4.79 Å². The number of carboxylic acids is 1. The minimum Gasteiger partial charge on any atom is -0.477 e. The van der Waals surface area contributed by atoms with Gasteiger partial charge in [0.25, 0.3) is 5.91 Å². The highest BCUT2D eigenvalue weighted by atomic mass is 35.5. The van der Waals surface area contributed by atoms with E-state index in [2.05, 4.69) is 10.3 Å². The first-order chi connectivity index (χ1) is 13.0. The zero-order valence-electron chi connectivity index (χ0n) is 14.1. The van der Waals surface area contributed by atoms with Gasteiger partial charge in [-0.1, -0.05) is 54.1 Å². The molecule has 0 spiro atoms. The Hall–Kier alpha value is -3.44. The molecule has 0 saturated heterocycles. The molecule has 0 aliphatic heterocycles. The molecular formula is C21H15ClN2O3. The van der Waals surface area contributed by atoms with Gasteiger partial charge in [0.1, 0.15) is 5.70 Å². The van der Waals surface area contributed by atoms with Gasteiger partial charge >= 0.3 is 5.97 Å². The van der Waals surface area contributed by atoms with Crippen LogP contribution in [0.15, 0.2) is 78.5 Å². The van der Waals surface area contributed by atoms with Gasteiger partial charge in [-0.05, 0) is 36.4 Å². The van der Waals surface area contributed by atoms with Gasteiger partial charge in [-0.25, -0.2) is 9.78 Å². The Bertz CT molecular complexity index is 1020. The molecule has 3 aromatic rings. The number of carboxylic acid groups (broad SMARTS) is 1. The number of hydrogen-bond acceptors (Lipinski definition) is 3. The second-order valence-electron chi connectivity index (χ2n) is 5.61. The minimum absolute atomic E-state index is 0.271. The van der Waals surface area contributed by atoms with Crippen LogP contribution in [0, 0.1) is 0 Å². The number of carbonyl (C=O) groups excluding carboxylic acids is 1. The summed E-state index contributed by atoms with van der Waals surface area (Å²) < 4.78 is 0. The maximum atomic E-state index is 12.2. The summed E-state index contributed by atoms with van der Waals surface area (Å²) in [5.74, 6) is -1.77. The summed E-state index contributed by atoms with van der Waals surface area (Å²) >= 11 is 6.20. The van der Waals surface area contributed by atoms with Crippen LogP contribution < -0.4 is 5.32 Å². The summed E-state index contributed by atoms with van der Waals surface area (Å²) in [5, 5.41) is 12.4. The summed E-state index contributed by atoms with van der Waals surface area (Å²) in [7, 11) is 0. The van der Waals surface area contributed by atoms with E-state index in [1.807, 2.05) is 18.2 Å². The molecule has 6 heteroatoms. The Morgan fingerprint density at radius 1 is 0.926 bits per heavy atom. The van der Waals surface area contributed by atoms with Crippen molar-refractivity contribution in [3.63, 3.8) is 0 Å². The van der Waals surface area contributed by atoms with E-state index in [1.165, 1.54) is 6.08 Å². The molecule has 0 fully saturated rings. The molecule has 1 aromatic heterocycles. The fourth-order valence-corrected chi connectivity index (χ4v) is 2.67. The molecule has 3 rings (SSSR count). The Kier molecular flexibility index (Phi) is 5.64. The Labute approximate surface area is 161 Å². The molecule has 0 aliphatic rings. The highest BCUT2D eigenvalue weighted by Gasteiger charge is 2.14. The van der Waals surface area contributed by atoms with E-state index < -0.39 is 11.9 Å². The van der Waals surface area contributed by atoms with Crippen molar-refractivity contribution in [1.29, 1.82) is 0 Å². The number of benzene rings is 2. The van der Waals surface area contributed by atoms with Crippen LogP contribution in [0.4, 0.5) is 0 Å². The molecule has 0 radical (unpaired) electrons. The van der Waals surface area contributed by atoms with Crippen LogP contribution in [0.2, 0.25) is 5.02 Å². The Balaban J connectivity index is 1.91. The summed E-state index contributed by atoms with van der Waals surface area (Å²) in [5.41, 5.74) is 1.82. The second-order valence-corrected chi connectivity index (χ2v) is 6.02. The van der Waals surface area contributed by atoms with Crippen molar-refractivity contribution >= 4 is 29.6 Å². The molecule has 1 amide bonds. The van der Waals surface area contributed by atoms with E-state index in [4.69, 9.17) is 11.6 Å². The summed E-state index contributed by atoms with van der Waals surface area (Å²) in [6.07, 6.45) is 1.31. The fraction of sp³-hybridized carbons (Fsp3) is 0. The Morgan fingerprint density at radius 2 is 1.63 bits per heavy atom. The van der Waals surface area contributed by atoms with Gasteiger partial charge < -0.3 is 10.4 Å². The summed E-state index contributed by atoms with van der Waals surface area (Å²) in [6, 6.07) is 20.8. The lowest BCUT2D eigenvalue weighted by molar-refractivity contribution is -0.132. The molecule has 2 N–H and O–H groups in total. The standard InChI is InChI=1S/C21H15ClN2O3/c22-17-11-5-4-10-16(17)18-12-6-9-15(23-18)13-19(21(26)27)24-20(25)14-7-2-1-3-8-14/h1-13H,(H,24,25)(H,26,27)/b19-13+. The molecule has 2 aromatic carbocycles. The number of aromatic nitrogens is 1. The molecule has 0 bridgehead atoms. The minimum atomic E-state index is -1.26. The second kappa shape index (κ2) is 8.29. The van der Waals surface area contributed by atoms with Crippen LogP contribution in [0.5, 0.6) is 0 Å². The van der Waals surface area contributed by atoms with Crippen molar-refractivity contribution in [3.8, 4) is 11.3 Å². The van der Waals surface area contributed by atoms with Gasteiger partial charge in [-0.3, -0.25) is 4.79 Å². The van der Waals surface area contributed by atoms with Crippen LogP contribution in [0.25, 0.3) is 17.3 Å². The number of rotatable bonds is 5. The average Bonchev–Trinajstić information content (AvgIpc) is 2.68.